The minimum absolute atomic E-state index is 0.0201. The van der Waals surface area contributed by atoms with Crippen LogP contribution in [0.25, 0.3) is 11.1 Å². The van der Waals surface area contributed by atoms with Gasteiger partial charge in [-0.3, -0.25) is 43.6 Å². The largest absolute Gasteiger partial charge is 0.384 e. The number of nitrogens with zero attached hydrogens (tertiary/aromatic N) is 8. The number of imide groups is 2. The lowest BCUT2D eigenvalue weighted by molar-refractivity contribution is -0.136. The van der Waals surface area contributed by atoms with Crippen molar-refractivity contribution in [3.63, 3.8) is 0 Å². The number of carbonyl (C=O) groups is 6. The third-order valence-electron chi connectivity index (χ3n) is 12.7. The van der Waals surface area contributed by atoms with Crippen LogP contribution in [0.4, 0.5) is 30.8 Å². The average molecular weight is 852 g/mol. The Balaban J connectivity index is 0.898. The molecule has 7 amide bonds. The van der Waals surface area contributed by atoms with Gasteiger partial charge in [-0.1, -0.05) is 6.07 Å². The molecule has 0 spiro atoms. The molecule has 19 heteroatoms. The molecule has 0 bridgehead atoms. The molecule has 4 aromatic rings. The average Bonchev–Trinajstić information content (AvgIpc) is 3.96. The lowest BCUT2D eigenvalue weighted by Crippen LogP contribution is -2.54. The smallest absolute Gasteiger partial charge is 0.317 e. The number of anilines is 3. The van der Waals surface area contributed by atoms with E-state index in [9.17, 15) is 37.5 Å². The minimum atomic E-state index is -2.72. The number of alkyl halides is 2. The Morgan fingerprint density at radius 3 is 2.48 bits per heavy atom. The number of urea groups is 1. The third kappa shape index (κ3) is 7.21. The van der Waals surface area contributed by atoms with Crippen molar-refractivity contribution >= 4 is 52.8 Å². The summed E-state index contributed by atoms with van der Waals surface area (Å²) in [6.45, 7) is 2.53. The second kappa shape index (κ2) is 16.3. The predicted molar refractivity (Wildman–Crippen MR) is 221 cm³/mol. The topological polar surface area (TPSA) is 187 Å². The van der Waals surface area contributed by atoms with Crippen molar-refractivity contribution in [1.29, 1.82) is 0 Å². The minimum Gasteiger partial charge on any atom is -0.384 e. The number of halogens is 2. The van der Waals surface area contributed by atoms with Crippen LogP contribution >= 0.6 is 0 Å². The molecule has 324 valence electrons. The second-order valence-corrected chi connectivity index (χ2v) is 16.4. The molecule has 62 heavy (non-hydrogen) atoms. The Kier molecular flexibility index (Phi) is 10.7. The predicted octanol–water partition coefficient (Wildman–Crippen LogP) is 4.07. The molecule has 3 N–H and O–H groups in total. The highest BCUT2D eigenvalue weighted by atomic mass is 19.3. The first-order valence-corrected chi connectivity index (χ1v) is 21.1. The summed E-state index contributed by atoms with van der Waals surface area (Å²) in [5.41, 5.74) is 5.18. The van der Waals surface area contributed by atoms with Crippen LogP contribution in [-0.2, 0) is 40.8 Å². The fourth-order valence-electron chi connectivity index (χ4n) is 9.62. The van der Waals surface area contributed by atoms with Gasteiger partial charge in [-0.15, -0.1) is 0 Å². The molecule has 17 nitrogen and oxygen atoms in total. The van der Waals surface area contributed by atoms with Gasteiger partial charge in [-0.05, 0) is 67.5 Å². The summed E-state index contributed by atoms with van der Waals surface area (Å²) in [6.07, 6.45) is 4.13. The zero-order chi connectivity index (χ0) is 43.4. The van der Waals surface area contributed by atoms with E-state index < -0.39 is 36.1 Å². The van der Waals surface area contributed by atoms with Crippen molar-refractivity contribution in [3.05, 3.63) is 76.2 Å². The maximum Gasteiger partial charge on any atom is 0.317 e. The van der Waals surface area contributed by atoms with Crippen LogP contribution < -0.4 is 20.9 Å². The van der Waals surface area contributed by atoms with Crippen molar-refractivity contribution in [2.45, 2.75) is 76.4 Å². The second-order valence-electron chi connectivity index (χ2n) is 16.4. The fraction of sp³-hybridized carbons (Fsp3) is 0.442. The van der Waals surface area contributed by atoms with Crippen LogP contribution in [-0.4, -0.2) is 116 Å². The molecule has 2 fully saturated rings. The van der Waals surface area contributed by atoms with Gasteiger partial charge in [0.1, 0.15) is 6.04 Å². The number of hydrogen-bond acceptors (Lipinski definition) is 10. The van der Waals surface area contributed by atoms with E-state index in [-0.39, 0.29) is 60.5 Å². The number of benzene rings is 2. The number of hydrogen-bond donors (Lipinski definition) is 3. The molecule has 5 aliphatic rings. The fourth-order valence-corrected chi connectivity index (χ4v) is 9.62. The Hall–Kier alpha value is -6.66. The van der Waals surface area contributed by atoms with E-state index in [4.69, 9.17) is 5.10 Å². The standard InChI is InChI=1S/C43H47F2N11O6/c1-46-43(62)53-18-13-32-30(23-53)39(54-15-4-5-24-19-28(25-21-48-51(2)22-25)29(38(44)45)20-34(24)54)50-56(32)26-11-16-52(17-12-26)36(58)10-14-47-31-7-3-6-27-37(31)42(61)55(41(27)60)33-8-9-35(57)49-40(33)59/h3,6-7,19-22,26,33,38,47H,4-5,8-18,23H2,1-2H3,(H,46,62)(H,49,57,59). The van der Waals surface area contributed by atoms with E-state index in [2.05, 4.69) is 21.0 Å². The van der Waals surface area contributed by atoms with Gasteiger partial charge in [0.15, 0.2) is 5.82 Å². The van der Waals surface area contributed by atoms with E-state index in [1.807, 2.05) is 20.5 Å². The number of likely N-dealkylation sites (tertiary alicyclic amines) is 1. The molecule has 1 unspecified atom stereocenters. The lowest BCUT2D eigenvalue weighted by atomic mass is 9.92. The van der Waals surface area contributed by atoms with Gasteiger partial charge in [0, 0.05) is 106 Å². The summed E-state index contributed by atoms with van der Waals surface area (Å²) in [5.74, 6) is -1.79. The van der Waals surface area contributed by atoms with Gasteiger partial charge < -0.3 is 25.3 Å². The summed E-state index contributed by atoms with van der Waals surface area (Å²) < 4.78 is 33.1. The van der Waals surface area contributed by atoms with E-state index in [0.717, 1.165) is 28.1 Å². The number of carbonyl (C=O) groups excluding carboxylic acids is 6. The highest BCUT2D eigenvalue weighted by Gasteiger charge is 2.46. The Labute approximate surface area is 355 Å². The SMILES string of the molecule is CNC(=O)N1CCc2c(c(N3CCCc4cc(-c5cnn(C)c5)c(C(F)F)cc43)nn2C2CCN(C(=O)CCNc3cccc4c3C(=O)N(C3CCC(=O)NC3=O)C4=O)CC2)C1. The molecule has 2 saturated heterocycles. The number of piperidine rings is 2. The van der Waals surface area contributed by atoms with E-state index in [1.165, 1.54) is 6.07 Å². The summed E-state index contributed by atoms with van der Waals surface area (Å²) >= 11 is 0. The van der Waals surface area contributed by atoms with E-state index in [1.54, 1.807) is 54.3 Å². The van der Waals surface area contributed by atoms with Crippen molar-refractivity contribution < 1.29 is 37.5 Å². The maximum atomic E-state index is 14.7. The van der Waals surface area contributed by atoms with Crippen LogP contribution in [0.5, 0.6) is 0 Å². The van der Waals surface area contributed by atoms with Gasteiger partial charge in [-0.2, -0.15) is 10.2 Å². The first kappa shape index (κ1) is 40.7. The van der Waals surface area contributed by atoms with Gasteiger partial charge in [0.05, 0.1) is 29.9 Å². The monoisotopic (exact) mass is 851 g/mol. The number of fused-ring (bicyclic) bond motifs is 3. The molecule has 0 aliphatic carbocycles. The number of amides is 7. The van der Waals surface area contributed by atoms with Gasteiger partial charge in [0.25, 0.3) is 18.2 Å². The molecular formula is C43H47F2N11O6. The highest BCUT2D eigenvalue weighted by Crippen LogP contribution is 2.44. The van der Waals surface area contributed by atoms with Gasteiger partial charge in [-0.25, -0.2) is 13.6 Å². The van der Waals surface area contributed by atoms with Crippen molar-refractivity contribution in [2.75, 3.05) is 50.0 Å². The summed E-state index contributed by atoms with van der Waals surface area (Å²) in [5, 5.41) is 17.5. The molecule has 0 saturated carbocycles. The molecule has 9 rings (SSSR count). The van der Waals surface area contributed by atoms with E-state index >= 15 is 0 Å². The Morgan fingerprint density at radius 2 is 1.76 bits per heavy atom. The highest BCUT2D eigenvalue weighted by molar-refractivity contribution is 6.25. The van der Waals surface area contributed by atoms with Crippen molar-refractivity contribution in [2.24, 2.45) is 7.05 Å². The molecular weight excluding hydrogens is 805 g/mol. The van der Waals surface area contributed by atoms with Crippen LogP contribution in [0, 0.1) is 0 Å². The third-order valence-corrected chi connectivity index (χ3v) is 12.7. The summed E-state index contributed by atoms with van der Waals surface area (Å²) in [7, 11) is 3.35. The number of nitrogens with one attached hydrogen (secondary N) is 3. The van der Waals surface area contributed by atoms with E-state index in [0.29, 0.717) is 86.7 Å². The zero-order valence-electron chi connectivity index (χ0n) is 34.5. The Morgan fingerprint density at radius 1 is 0.952 bits per heavy atom. The summed E-state index contributed by atoms with van der Waals surface area (Å²) in [6, 6.07) is 6.92. The lowest BCUT2D eigenvalue weighted by Gasteiger charge is -2.34. The van der Waals surface area contributed by atoms with Gasteiger partial charge >= 0.3 is 6.03 Å². The van der Waals surface area contributed by atoms with Gasteiger partial charge in [0.2, 0.25) is 17.7 Å². The van der Waals surface area contributed by atoms with Crippen LogP contribution in [0.15, 0.2) is 42.7 Å². The first-order chi connectivity index (χ1) is 29.9. The number of aromatic nitrogens is 4. The number of rotatable bonds is 9. The van der Waals surface area contributed by atoms with Crippen LogP contribution in [0.2, 0.25) is 0 Å². The molecule has 2 aromatic carbocycles. The van der Waals surface area contributed by atoms with Crippen LogP contribution in [0.3, 0.4) is 0 Å². The quantitative estimate of drug-likeness (QED) is 0.207. The molecule has 0 radical (unpaired) electrons. The van der Waals surface area contributed by atoms with Crippen LogP contribution in [0.1, 0.15) is 94.1 Å². The number of aryl methyl sites for hydroxylation is 2. The molecule has 5 aliphatic heterocycles. The Bertz CT molecular complexity index is 2510. The first-order valence-electron chi connectivity index (χ1n) is 21.1. The molecule has 1 atom stereocenters. The zero-order valence-corrected chi connectivity index (χ0v) is 34.5. The normalized spacial score (nSPS) is 19.1. The maximum absolute atomic E-state index is 14.7. The van der Waals surface area contributed by atoms with Crippen molar-refractivity contribution in [1.82, 2.24) is 44.9 Å². The summed E-state index contributed by atoms with van der Waals surface area (Å²) in [4.78, 5) is 83.9. The molecule has 2 aromatic heterocycles. The molecule has 7 heterocycles. The van der Waals surface area contributed by atoms with Crippen molar-refractivity contribution in [3.8, 4) is 11.1 Å².